The molecule has 0 aliphatic carbocycles. The second kappa shape index (κ2) is 5.70. The molecule has 3 aromatic rings. The summed E-state index contributed by atoms with van der Waals surface area (Å²) in [5, 5.41) is 4.10. The van der Waals surface area contributed by atoms with Gasteiger partial charge in [-0.15, -0.1) is 0 Å². The first-order valence-corrected chi connectivity index (χ1v) is 8.42. The SMILES string of the molecule is Cc1[nH]c2c(C(N)=O)cc(F)c(-c3cccc4c3CNCC4)c2c1C. The molecule has 0 unspecified atom stereocenters. The highest BCUT2D eigenvalue weighted by atomic mass is 19.1. The molecule has 0 saturated carbocycles. The van der Waals surface area contributed by atoms with Gasteiger partial charge in [-0.1, -0.05) is 18.2 Å². The summed E-state index contributed by atoms with van der Waals surface area (Å²) in [5.41, 5.74) is 11.9. The van der Waals surface area contributed by atoms with E-state index in [4.69, 9.17) is 5.73 Å². The maximum absolute atomic E-state index is 15.1. The molecule has 128 valence electrons. The molecule has 4 N–H and O–H groups in total. The molecule has 2 heterocycles. The molecular formula is C20H20FN3O. The molecule has 5 heteroatoms. The summed E-state index contributed by atoms with van der Waals surface area (Å²) in [4.78, 5) is 15.0. The lowest BCUT2D eigenvalue weighted by Gasteiger charge is -2.21. The molecule has 1 aliphatic heterocycles. The number of aromatic nitrogens is 1. The van der Waals surface area contributed by atoms with E-state index in [1.165, 1.54) is 11.6 Å². The second-order valence-corrected chi connectivity index (χ2v) is 6.64. The topological polar surface area (TPSA) is 70.9 Å². The molecule has 0 radical (unpaired) electrons. The monoisotopic (exact) mass is 337 g/mol. The number of amides is 1. The van der Waals surface area contributed by atoms with E-state index in [0.717, 1.165) is 40.7 Å². The smallest absolute Gasteiger partial charge is 0.250 e. The van der Waals surface area contributed by atoms with Crippen molar-refractivity contribution in [2.24, 2.45) is 5.73 Å². The zero-order valence-electron chi connectivity index (χ0n) is 14.3. The molecule has 25 heavy (non-hydrogen) atoms. The van der Waals surface area contributed by atoms with Crippen LogP contribution in [-0.2, 0) is 13.0 Å². The van der Waals surface area contributed by atoms with Gasteiger partial charge in [-0.3, -0.25) is 4.79 Å². The van der Waals surface area contributed by atoms with Crippen LogP contribution >= 0.6 is 0 Å². The van der Waals surface area contributed by atoms with Crippen LogP contribution in [-0.4, -0.2) is 17.4 Å². The average Bonchev–Trinajstić information content (AvgIpc) is 2.89. The van der Waals surface area contributed by atoms with E-state index >= 15 is 4.39 Å². The Labute approximate surface area is 145 Å². The van der Waals surface area contributed by atoms with Crippen molar-refractivity contribution < 1.29 is 9.18 Å². The number of rotatable bonds is 2. The number of halogens is 1. The molecule has 0 bridgehead atoms. The van der Waals surface area contributed by atoms with E-state index in [1.807, 2.05) is 26.0 Å². The zero-order valence-corrected chi connectivity index (χ0v) is 14.3. The Morgan fingerprint density at radius 2 is 2.08 bits per heavy atom. The Balaban J connectivity index is 2.12. The molecule has 4 nitrogen and oxygen atoms in total. The van der Waals surface area contributed by atoms with Crippen LogP contribution < -0.4 is 11.1 Å². The van der Waals surface area contributed by atoms with Gasteiger partial charge < -0.3 is 16.0 Å². The Morgan fingerprint density at radius 3 is 2.84 bits per heavy atom. The summed E-state index contributed by atoms with van der Waals surface area (Å²) in [6.07, 6.45) is 0.929. The lowest BCUT2D eigenvalue weighted by atomic mass is 9.88. The van der Waals surface area contributed by atoms with Gasteiger partial charge in [0.2, 0.25) is 0 Å². The predicted octanol–water partition coefficient (Wildman–Crippen LogP) is 3.34. The average molecular weight is 337 g/mol. The van der Waals surface area contributed by atoms with Crippen molar-refractivity contribution in [3.8, 4) is 11.1 Å². The van der Waals surface area contributed by atoms with Crippen LogP contribution in [0.3, 0.4) is 0 Å². The van der Waals surface area contributed by atoms with Gasteiger partial charge in [0.05, 0.1) is 11.1 Å². The highest BCUT2D eigenvalue weighted by Crippen LogP contribution is 2.39. The van der Waals surface area contributed by atoms with Crippen molar-refractivity contribution in [1.29, 1.82) is 0 Å². The minimum Gasteiger partial charge on any atom is -0.366 e. The Kier molecular flexibility index (Phi) is 3.62. The lowest BCUT2D eigenvalue weighted by Crippen LogP contribution is -2.24. The summed E-state index contributed by atoms with van der Waals surface area (Å²) in [6.45, 7) is 5.50. The quantitative estimate of drug-likeness (QED) is 0.671. The number of aromatic amines is 1. The van der Waals surface area contributed by atoms with Crippen molar-refractivity contribution in [1.82, 2.24) is 10.3 Å². The van der Waals surface area contributed by atoms with Crippen LogP contribution in [0.25, 0.3) is 22.0 Å². The second-order valence-electron chi connectivity index (χ2n) is 6.64. The maximum Gasteiger partial charge on any atom is 0.250 e. The van der Waals surface area contributed by atoms with Crippen LogP contribution in [0.5, 0.6) is 0 Å². The Bertz CT molecular complexity index is 1020. The number of nitrogens with two attached hydrogens (primary N) is 1. The fourth-order valence-corrected chi connectivity index (χ4v) is 3.83. The van der Waals surface area contributed by atoms with Gasteiger partial charge in [0.25, 0.3) is 5.91 Å². The maximum atomic E-state index is 15.1. The molecule has 1 aromatic heterocycles. The highest BCUT2D eigenvalue weighted by molar-refractivity contribution is 6.11. The minimum absolute atomic E-state index is 0.190. The largest absolute Gasteiger partial charge is 0.366 e. The van der Waals surface area contributed by atoms with E-state index < -0.39 is 11.7 Å². The number of carbonyl (C=O) groups is 1. The van der Waals surface area contributed by atoms with Crippen LogP contribution in [0.1, 0.15) is 32.7 Å². The first-order chi connectivity index (χ1) is 12.0. The Hall–Kier alpha value is -2.66. The van der Waals surface area contributed by atoms with Crippen molar-refractivity contribution >= 4 is 16.8 Å². The summed E-state index contributed by atoms with van der Waals surface area (Å²) in [5.74, 6) is -1.05. The van der Waals surface area contributed by atoms with Crippen LogP contribution in [0.4, 0.5) is 4.39 Å². The van der Waals surface area contributed by atoms with Crippen molar-refractivity contribution in [3.05, 3.63) is 58.0 Å². The number of fused-ring (bicyclic) bond motifs is 2. The van der Waals surface area contributed by atoms with Crippen LogP contribution in [0, 0.1) is 19.7 Å². The molecular weight excluding hydrogens is 317 g/mol. The number of nitrogens with one attached hydrogen (secondary N) is 2. The number of benzene rings is 2. The fourth-order valence-electron chi connectivity index (χ4n) is 3.83. The number of carbonyl (C=O) groups excluding carboxylic acids is 1. The van der Waals surface area contributed by atoms with Gasteiger partial charge in [-0.2, -0.15) is 0 Å². The Morgan fingerprint density at radius 1 is 1.28 bits per heavy atom. The fraction of sp³-hybridized carbons (Fsp3) is 0.250. The number of primary amides is 1. The van der Waals surface area contributed by atoms with Gasteiger partial charge >= 0.3 is 0 Å². The van der Waals surface area contributed by atoms with Gasteiger partial charge in [0.1, 0.15) is 5.82 Å². The summed E-state index contributed by atoms with van der Waals surface area (Å²) >= 11 is 0. The van der Waals surface area contributed by atoms with Crippen molar-refractivity contribution in [3.63, 3.8) is 0 Å². The van der Waals surface area contributed by atoms with E-state index in [0.29, 0.717) is 17.6 Å². The summed E-state index contributed by atoms with van der Waals surface area (Å²) in [7, 11) is 0. The normalized spacial score (nSPS) is 13.9. The third-order valence-electron chi connectivity index (χ3n) is 5.21. The molecule has 2 aromatic carbocycles. The molecule has 0 saturated heterocycles. The lowest BCUT2D eigenvalue weighted by molar-refractivity contribution is 0.100. The molecule has 0 fully saturated rings. The van der Waals surface area contributed by atoms with E-state index in [2.05, 4.69) is 16.4 Å². The molecule has 4 rings (SSSR count). The standard InChI is InChI=1S/C20H20FN3O/c1-10-11(2)24-19-14(20(22)25)8-16(21)18(17(10)19)13-5-3-4-12-6-7-23-9-15(12)13/h3-5,8,23-24H,6-7,9H2,1-2H3,(H2,22,25). The van der Waals surface area contributed by atoms with Crippen molar-refractivity contribution in [2.75, 3.05) is 6.54 Å². The minimum atomic E-state index is -0.631. The highest BCUT2D eigenvalue weighted by Gasteiger charge is 2.23. The van der Waals surface area contributed by atoms with Crippen LogP contribution in [0.15, 0.2) is 24.3 Å². The van der Waals surface area contributed by atoms with E-state index in [1.54, 1.807) is 0 Å². The first-order valence-electron chi connectivity index (χ1n) is 8.42. The third kappa shape index (κ3) is 2.35. The van der Waals surface area contributed by atoms with Gasteiger partial charge in [-0.05, 0) is 55.1 Å². The summed E-state index contributed by atoms with van der Waals surface area (Å²) < 4.78 is 15.1. The summed E-state index contributed by atoms with van der Waals surface area (Å²) in [6, 6.07) is 7.28. The molecule has 0 spiro atoms. The van der Waals surface area contributed by atoms with Crippen LogP contribution in [0.2, 0.25) is 0 Å². The van der Waals surface area contributed by atoms with E-state index in [9.17, 15) is 4.79 Å². The van der Waals surface area contributed by atoms with Gasteiger partial charge in [0, 0.05) is 23.2 Å². The zero-order chi connectivity index (χ0) is 17.7. The number of H-pyrrole nitrogens is 1. The molecule has 1 amide bonds. The predicted molar refractivity (Wildman–Crippen MR) is 97.1 cm³/mol. The number of hydrogen-bond donors (Lipinski definition) is 3. The third-order valence-corrected chi connectivity index (χ3v) is 5.21. The van der Waals surface area contributed by atoms with Gasteiger partial charge in [0.15, 0.2) is 0 Å². The van der Waals surface area contributed by atoms with E-state index in [-0.39, 0.29) is 5.56 Å². The number of hydrogen-bond acceptors (Lipinski definition) is 2. The molecule has 0 atom stereocenters. The van der Waals surface area contributed by atoms with Gasteiger partial charge in [-0.25, -0.2) is 4.39 Å². The molecule has 1 aliphatic rings. The van der Waals surface area contributed by atoms with Crippen molar-refractivity contribution in [2.45, 2.75) is 26.8 Å². The number of aryl methyl sites for hydroxylation is 2. The first kappa shape index (κ1) is 15.8.